The summed E-state index contributed by atoms with van der Waals surface area (Å²) in [5.41, 5.74) is -1.98. The van der Waals surface area contributed by atoms with Crippen LogP contribution in [-0.2, 0) is 6.18 Å². The Morgan fingerprint density at radius 2 is 1.91 bits per heavy atom. The maximum absolute atomic E-state index is 12.8. The molecule has 0 unspecified atom stereocenters. The van der Waals surface area contributed by atoms with Crippen LogP contribution in [0.5, 0.6) is 0 Å². The van der Waals surface area contributed by atoms with Gasteiger partial charge in [0.25, 0.3) is 5.56 Å². The highest BCUT2D eigenvalue weighted by Crippen LogP contribution is 2.30. The average Bonchev–Trinajstić information content (AvgIpc) is 3.00. The molecule has 0 atom stereocenters. The molecule has 3 aromatic rings. The number of aromatic amines is 2. The lowest BCUT2D eigenvalue weighted by molar-refractivity contribution is -0.137. The molecule has 1 aromatic carbocycles. The van der Waals surface area contributed by atoms with Gasteiger partial charge in [-0.1, -0.05) is 6.07 Å². The number of halogens is 3. The maximum atomic E-state index is 12.8. The summed E-state index contributed by atoms with van der Waals surface area (Å²) in [4.78, 5) is 25.9. The molecule has 2 N–H and O–H groups in total. The third-order valence-electron chi connectivity index (χ3n) is 3.18. The van der Waals surface area contributed by atoms with Crippen LogP contribution in [0.1, 0.15) is 5.56 Å². The zero-order valence-corrected chi connectivity index (χ0v) is 11.4. The van der Waals surface area contributed by atoms with E-state index in [-0.39, 0.29) is 11.3 Å². The quantitative estimate of drug-likeness (QED) is 0.756. The summed E-state index contributed by atoms with van der Waals surface area (Å²) in [6.07, 6.45) is -1.95. The predicted octanol–water partition coefficient (Wildman–Crippen LogP) is 1.93. The van der Waals surface area contributed by atoms with E-state index in [1.54, 1.807) is 0 Å². The zero-order valence-electron chi connectivity index (χ0n) is 11.4. The molecule has 0 aliphatic rings. The molecule has 0 amide bonds. The molecule has 0 aliphatic carbocycles. The van der Waals surface area contributed by atoms with Gasteiger partial charge in [0.1, 0.15) is 0 Å². The third kappa shape index (κ3) is 2.80. The number of hydrogen-bond donors (Lipinski definition) is 2. The van der Waals surface area contributed by atoms with Gasteiger partial charge in [0, 0.05) is 12.4 Å². The normalized spacial score (nSPS) is 11.6. The maximum Gasteiger partial charge on any atom is 0.416 e. The molecule has 2 heterocycles. The number of H-pyrrole nitrogens is 2. The van der Waals surface area contributed by atoms with E-state index in [2.05, 4.69) is 15.2 Å². The van der Waals surface area contributed by atoms with Gasteiger partial charge in [-0.05, 0) is 24.3 Å². The van der Waals surface area contributed by atoms with Crippen molar-refractivity contribution in [1.29, 1.82) is 0 Å². The topological polar surface area (TPSA) is 83.5 Å². The molecule has 0 fully saturated rings. The van der Waals surface area contributed by atoms with Crippen molar-refractivity contribution in [2.45, 2.75) is 6.18 Å². The molecular weight excluding hydrogens is 313 g/mol. The van der Waals surface area contributed by atoms with Gasteiger partial charge < -0.3 is 0 Å². The van der Waals surface area contributed by atoms with Gasteiger partial charge in [-0.3, -0.25) is 19.4 Å². The van der Waals surface area contributed by atoms with Crippen molar-refractivity contribution in [3.63, 3.8) is 0 Å². The molecule has 2 aromatic heterocycles. The molecule has 6 nitrogen and oxygen atoms in total. The minimum Gasteiger partial charge on any atom is -0.278 e. The number of alkyl halides is 3. The van der Waals surface area contributed by atoms with E-state index in [4.69, 9.17) is 0 Å². The van der Waals surface area contributed by atoms with E-state index >= 15 is 0 Å². The number of benzene rings is 1. The molecule has 0 saturated heterocycles. The number of nitrogens with one attached hydrogen (secondary N) is 2. The van der Waals surface area contributed by atoms with E-state index in [1.807, 2.05) is 0 Å². The lowest BCUT2D eigenvalue weighted by Crippen LogP contribution is -2.29. The van der Waals surface area contributed by atoms with Crippen LogP contribution in [0.4, 0.5) is 13.2 Å². The smallest absolute Gasteiger partial charge is 0.278 e. The van der Waals surface area contributed by atoms with Gasteiger partial charge in [0.15, 0.2) is 0 Å². The Balaban J connectivity index is 2.20. The molecule has 3 rings (SSSR count). The summed E-state index contributed by atoms with van der Waals surface area (Å²) in [7, 11) is 0. The van der Waals surface area contributed by atoms with E-state index in [0.717, 1.165) is 16.7 Å². The predicted molar refractivity (Wildman–Crippen MR) is 75.2 cm³/mol. The summed E-state index contributed by atoms with van der Waals surface area (Å²) in [5, 5.41) is 6.26. The summed E-state index contributed by atoms with van der Waals surface area (Å²) >= 11 is 0. The summed E-state index contributed by atoms with van der Waals surface area (Å²) in [5.74, 6) is 0. The van der Waals surface area contributed by atoms with Crippen LogP contribution in [0.15, 0.2) is 52.3 Å². The zero-order chi connectivity index (χ0) is 16.6. The summed E-state index contributed by atoms with van der Waals surface area (Å²) < 4.78 is 39.3. The van der Waals surface area contributed by atoms with Crippen molar-refractivity contribution in [2.24, 2.45) is 0 Å². The van der Waals surface area contributed by atoms with Crippen molar-refractivity contribution in [2.75, 3.05) is 0 Å². The van der Waals surface area contributed by atoms with Crippen LogP contribution >= 0.6 is 0 Å². The largest absolute Gasteiger partial charge is 0.416 e. The fourth-order valence-corrected chi connectivity index (χ4v) is 2.09. The van der Waals surface area contributed by atoms with Crippen molar-refractivity contribution >= 4 is 0 Å². The molecule has 0 saturated carbocycles. The Morgan fingerprint density at radius 1 is 1.13 bits per heavy atom. The second-order valence-electron chi connectivity index (χ2n) is 4.69. The first kappa shape index (κ1) is 14.8. The Labute approximate surface area is 126 Å². The molecule has 0 spiro atoms. The Hall–Kier alpha value is -3.10. The first-order valence-corrected chi connectivity index (χ1v) is 6.39. The van der Waals surface area contributed by atoms with Crippen LogP contribution in [0.25, 0.3) is 16.9 Å². The van der Waals surface area contributed by atoms with Crippen LogP contribution in [0.2, 0.25) is 0 Å². The van der Waals surface area contributed by atoms with Crippen LogP contribution in [0, 0.1) is 0 Å². The van der Waals surface area contributed by atoms with Gasteiger partial charge in [0.05, 0.1) is 22.5 Å². The highest BCUT2D eigenvalue weighted by Gasteiger charge is 2.30. The second kappa shape index (κ2) is 5.27. The van der Waals surface area contributed by atoms with E-state index in [9.17, 15) is 22.8 Å². The lowest BCUT2D eigenvalue weighted by atomic mass is 10.2. The third-order valence-corrected chi connectivity index (χ3v) is 3.18. The lowest BCUT2D eigenvalue weighted by Gasteiger charge is -2.10. The summed E-state index contributed by atoms with van der Waals surface area (Å²) in [6.45, 7) is 0. The molecule has 0 aliphatic heterocycles. The van der Waals surface area contributed by atoms with E-state index in [1.165, 1.54) is 30.6 Å². The Bertz CT molecular complexity index is 955. The molecule has 9 heteroatoms. The van der Waals surface area contributed by atoms with Crippen LogP contribution in [-0.4, -0.2) is 19.7 Å². The molecule has 23 heavy (non-hydrogen) atoms. The number of nitrogens with zero attached hydrogens (tertiary/aromatic N) is 2. The highest BCUT2D eigenvalue weighted by atomic mass is 19.4. The minimum atomic E-state index is -4.53. The van der Waals surface area contributed by atoms with Crippen molar-refractivity contribution in [1.82, 2.24) is 19.7 Å². The molecule has 0 radical (unpaired) electrons. The average molecular weight is 322 g/mol. The van der Waals surface area contributed by atoms with E-state index < -0.39 is 23.0 Å². The Morgan fingerprint density at radius 3 is 2.57 bits per heavy atom. The first-order valence-electron chi connectivity index (χ1n) is 6.39. The number of hydrogen-bond acceptors (Lipinski definition) is 3. The van der Waals surface area contributed by atoms with Gasteiger partial charge >= 0.3 is 11.9 Å². The van der Waals surface area contributed by atoms with Gasteiger partial charge in [-0.25, -0.2) is 4.79 Å². The number of aromatic nitrogens is 4. The van der Waals surface area contributed by atoms with Crippen molar-refractivity contribution in [3.8, 4) is 16.9 Å². The molecule has 118 valence electrons. The second-order valence-corrected chi connectivity index (χ2v) is 4.69. The number of rotatable bonds is 2. The minimum absolute atomic E-state index is 0.0122. The standard InChI is InChI=1S/C14H9F3N4O2/c15-14(16,17)8-2-1-3-9(6-8)21-7-10(11-4-5-18-20-11)12(22)19-13(21)23/h1-7H,(H,18,20)(H,19,22,23). The monoisotopic (exact) mass is 322 g/mol. The highest BCUT2D eigenvalue weighted by molar-refractivity contribution is 5.56. The van der Waals surface area contributed by atoms with Gasteiger partial charge in [-0.2, -0.15) is 18.3 Å². The Kier molecular flexibility index (Phi) is 3.40. The summed E-state index contributed by atoms with van der Waals surface area (Å²) in [6, 6.07) is 5.76. The van der Waals surface area contributed by atoms with Crippen molar-refractivity contribution in [3.05, 3.63) is 69.1 Å². The van der Waals surface area contributed by atoms with Crippen LogP contribution in [0.3, 0.4) is 0 Å². The SMILES string of the molecule is O=c1[nH]c(=O)n(-c2cccc(C(F)(F)F)c2)cc1-c1ccn[nH]1. The molecular formula is C14H9F3N4O2. The first-order chi connectivity index (χ1) is 10.9. The van der Waals surface area contributed by atoms with Gasteiger partial charge in [-0.15, -0.1) is 0 Å². The fraction of sp³-hybridized carbons (Fsp3) is 0.0714. The van der Waals surface area contributed by atoms with Crippen molar-refractivity contribution < 1.29 is 13.2 Å². The van der Waals surface area contributed by atoms with Crippen LogP contribution < -0.4 is 11.2 Å². The molecule has 0 bridgehead atoms. The fourth-order valence-electron chi connectivity index (χ4n) is 2.09. The van der Waals surface area contributed by atoms with E-state index in [0.29, 0.717) is 5.69 Å². The van der Waals surface area contributed by atoms with Gasteiger partial charge in [0.2, 0.25) is 0 Å².